The molecule has 1 aromatic carbocycles. The summed E-state index contributed by atoms with van der Waals surface area (Å²) in [6, 6.07) is 10.4. The first kappa shape index (κ1) is 16.8. The molecule has 0 unspecified atom stereocenters. The van der Waals surface area contributed by atoms with Crippen LogP contribution < -0.4 is 10.6 Å². The van der Waals surface area contributed by atoms with Gasteiger partial charge in [-0.05, 0) is 50.2 Å². The minimum Gasteiger partial charge on any atom is -0.463 e. The molecule has 2 rings (SSSR count). The highest BCUT2D eigenvalue weighted by atomic mass is 16.5. The lowest BCUT2D eigenvalue weighted by atomic mass is 10.2. The number of nitrogens with two attached hydrogens (primary N) is 1. The van der Waals surface area contributed by atoms with Gasteiger partial charge in [0.2, 0.25) is 0 Å². The zero-order chi connectivity index (χ0) is 16.7. The van der Waals surface area contributed by atoms with Crippen molar-refractivity contribution in [3.8, 4) is 0 Å². The lowest BCUT2D eigenvalue weighted by Gasteiger charge is -2.09. The number of esters is 1. The van der Waals surface area contributed by atoms with Gasteiger partial charge in [-0.25, -0.2) is 4.79 Å². The van der Waals surface area contributed by atoms with Crippen LogP contribution in [0.25, 0.3) is 0 Å². The molecular formula is C17H21N2O4+. The molecule has 1 heterocycles. The smallest absolute Gasteiger partial charge is 0.338 e. The summed E-state index contributed by atoms with van der Waals surface area (Å²) < 4.78 is 10.2. The molecule has 6 nitrogen and oxygen atoms in total. The number of anilines is 1. The van der Waals surface area contributed by atoms with Crippen molar-refractivity contribution in [3.05, 3.63) is 54.0 Å². The average molecular weight is 317 g/mol. The molecule has 1 atom stereocenters. The highest BCUT2D eigenvalue weighted by molar-refractivity contribution is 5.93. The SMILES string of the molecule is CCOC(=O)c1ccc(NC(=O)C[NH2+][C@H](C)c2ccco2)cc1. The van der Waals surface area contributed by atoms with E-state index in [2.05, 4.69) is 5.32 Å². The third kappa shape index (κ3) is 4.96. The largest absolute Gasteiger partial charge is 0.463 e. The number of carbonyl (C=O) groups is 2. The van der Waals surface area contributed by atoms with Crippen LogP contribution in [0.15, 0.2) is 47.1 Å². The second-order valence-electron chi connectivity index (χ2n) is 5.09. The van der Waals surface area contributed by atoms with Crippen LogP contribution in [0.4, 0.5) is 5.69 Å². The number of amides is 1. The fourth-order valence-corrected chi connectivity index (χ4v) is 2.07. The van der Waals surface area contributed by atoms with E-state index in [1.165, 1.54) is 0 Å². The molecule has 6 heteroatoms. The summed E-state index contributed by atoms with van der Waals surface area (Å²) in [5.41, 5.74) is 1.10. The summed E-state index contributed by atoms with van der Waals surface area (Å²) >= 11 is 0. The number of nitrogens with one attached hydrogen (secondary N) is 1. The standard InChI is InChI=1S/C17H20N2O4/c1-3-22-17(21)13-6-8-14(9-7-13)19-16(20)11-18-12(2)15-5-4-10-23-15/h4-10,12,18H,3,11H2,1-2H3,(H,19,20)/p+1/t12-/m1/s1. The fourth-order valence-electron chi connectivity index (χ4n) is 2.07. The van der Waals surface area contributed by atoms with E-state index in [0.29, 0.717) is 17.9 Å². The van der Waals surface area contributed by atoms with Crippen LogP contribution in [-0.4, -0.2) is 25.0 Å². The summed E-state index contributed by atoms with van der Waals surface area (Å²) in [5, 5.41) is 4.68. The molecule has 0 radical (unpaired) electrons. The molecule has 23 heavy (non-hydrogen) atoms. The molecule has 122 valence electrons. The molecule has 0 saturated carbocycles. The molecule has 0 fully saturated rings. The lowest BCUT2D eigenvalue weighted by molar-refractivity contribution is -0.684. The highest BCUT2D eigenvalue weighted by Crippen LogP contribution is 2.10. The van der Waals surface area contributed by atoms with Crippen molar-refractivity contribution in [1.29, 1.82) is 0 Å². The van der Waals surface area contributed by atoms with Crippen LogP contribution in [0.5, 0.6) is 0 Å². The van der Waals surface area contributed by atoms with Gasteiger partial charge < -0.3 is 19.8 Å². The number of rotatable bonds is 7. The second-order valence-corrected chi connectivity index (χ2v) is 5.09. The summed E-state index contributed by atoms with van der Waals surface area (Å²) in [6.45, 7) is 4.34. The number of ether oxygens (including phenoxy) is 1. The monoisotopic (exact) mass is 317 g/mol. The summed E-state index contributed by atoms with van der Waals surface area (Å²) in [5.74, 6) is 0.342. The van der Waals surface area contributed by atoms with Crippen LogP contribution in [0.1, 0.15) is 36.0 Å². The van der Waals surface area contributed by atoms with Gasteiger partial charge in [-0.15, -0.1) is 0 Å². The van der Waals surface area contributed by atoms with Gasteiger partial charge in [0.25, 0.3) is 5.91 Å². The van der Waals surface area contributed by atoms with Crippen molar-refractivity contribution in [3.63, 3.8) is 0 Å². The Bertz CT molecular complexity index is 635. The van der Waals surface area contributed by atoms with E-state index < -0.39 is 0 Å². The maximum Gasteiger partial charge on any atom is 0.338 e. The predicted octanol–water partition coefficient (Wildman–Crippen LogP) is 1.72. The Morgan fingerprint density at radius 3 is 2.61 bits per heavy atom. The molecule has 2 aromatic rings. The maximum atomic E-state index is 11.9. The number of quaternary nitrogens is 1. The average Bonchev–Trinajstić information content (AvgIpc) is 3.08. The number of hydrogen-bond acceptors (Lipinski definition) is 4. The Hall–Kier alpha value is -2.60. The third-order valence-corrected chi connectivity index (χ3v) is 3.33. The van der Waals surface area contributed by atoms with Crippen molar-refractivity contribution >= 4 is 17.6 Å². The highest BCUT2D eigenvalue weighted by Gasteiger charge is 2.14. The van der Waals surface area contributed by atoms with Crippen LogP contribution in [0.2, 0.25) is 0 Å². The van der Waals surface area contributed by atoms with E-state index in [-0.39, 0.29) is 24.5 Å². The normalized spacial score (nSPS) is 11.7. The first-order valence-electron chi connectivity index (χ1n) is 7.54. The van der Waals surface area contributed by atoms with Gasteiger partial charge in [-0.1, -0.05) is 0 Å². The van der Waals surface area contributed by atoms with Gasteiger partial charge in [0, 0.05) is 5.69 Å². The molecule has 1 aromatic heterocycles. The van der Waals surface area contributed by atoms with Crippen LogP contribution in [0, 0.1) is 0 Å². The van der Waals surface area contributed by atoms with Crippen molar-refractivity contribution in [2.24, 2.45) is 0 Å². The van der Waals surface area contributed by atoms with Gasteiger partial charge in [0.1, 0.15) is 6.04 Å². The predicted molar refractivity (Wildman–Crippen MR) is 84.9 cm³/mol. The third-order valence-electron chi connectivity index (χ3n) is 3.33. The maximum absolute atomic E-state index is 11.9. The first-order valence-corrected chi connectivity index (χ1v) is 7.54. The Morgan fingerprint density at radius 2 is 2.00 bits per heavy atom. The van der Waals surface area contributed by atoms with Crippen molar-refractivity contribution in [1.82, 2.24) is 0 Å². The van der Waals surface area contributed by atoms with Crippen LogP contribution >= 0.6 is 0 Å². The van der Waals surface area contributed by atoms with Crippen molar-refractivity contribution < 1.29 is 24.1 Å². The van der Waals surface area contributed by atoms with Gasteiger partial charge in [-0.2, -0.15) is 0 Å². The minimum absolute atomic E-state index is 0.0712. The minimum atomic E-state index is -0.369. The molecule has 0 saturated heterocycles. The Morgan fingerprint density at radius 1 is 1.26 bits per heavy atom. The molecule has 1 amide bonds. The fraction of sp³-hybridized carbons (Fsp3) is 0.294. The quantitative estimate of drug-likeness (QED) is 0.762. The number of benzene rings is 1. The van der Waals surface area contributed by atoms with Crippen LogP contribution in [-0.2, 0) is 9.53 Å². The van der Waals surface area contributed by atoms with Gasteiger partial charge in [-0.3, -0.25) is 4.79 Å². The Kier molecular flexibility index (Phi) is 5.94. The van der Waals surface area contributed by atoms with Crippen molar-refractivity contribution in [2.45, 2.75) is 19.9 Å². The zero-order valence-corrected chi connectivity index (χ0v) is 13.2. The Labute approximate surface area is 134 Å². The molecule has 0 spiro atoms. The molecule has 3 N–H and O–H groups in total. The van der Waals surface area contributed by atoms with Crippen molar-refractivity contribution in [2.75, 3.05) is 18.5 Å². The van der Waals surface area contributed by atoms with E-state index in [9.17, 15) is 9.59 Å². The number of furan rings is 1. The number of carbonyl (C=O) groups excluding carboxylic acids is 2. The van der Waals surface area contributed by atoms with Gasteiger partial charge >= 0.3 is 5.97 Å². The van der Waals surface area contributed by atoms with E-state index in [1.807, 2.05) is 24.4 Å². The van der Waals surface area contributed by atoms with E-state index >= 15 is 0 Å². The van der Waals surface area contributed by atoms with Gasteiger partial charge in [0.05, 0.1) is 18.4 Å². The zero-order valence-electron chi connectivity index (χ0n) is 13.2. The van der Waals surface area contributed by atoms with Crippen LogP contribution in [0.3, 0.4) is 0 Å². The summed E-state index contributed by atoms with van der Waals surface area (Å²) in [6.07, 6.45) is 1.62. The molecule has 0 aliphatic heterocycles. The molecule has 0 aliphatic carbocycles. The summed E-state index contributed by atoms with van der Waals surface area (Å²) in [4.78, 5) is 23.5. The van der Waals surface area contributed by atoms with E-state index in [0.717, 1.165) is 5.76 Å². The van der Waals surface area contributed by atoms with Gasteiger partial charge in [0.15, 0.2) is 12.3 Å². The summed E-state index contributed by atoms with van der Waals surface area (Å²) in [7, 11) is 0. The van der Waals surface area contributed by atoms with E-state index in [1.54, 1.807) is 37.5 Å². The molecular weight excluding hydrogens is 296 g/mol. The van der Waals surface area contributed by atoms with E-state index in [4.69, 9.17) is 9.15 Å². The Balaban J connectivity index is 1.82. The second kappa shape index (κ2) is 8.14. The first-order chi connectivity index (χ1) is 11.1. The molecule has 0 bridgehead atoms. The topological polar surface area (TPSA) is 85.1 Å². The number of hydrogen-bond donors (Lipinski definition) is 2. The molecule has 0 aliphatic rings. The lowest BCUT2D eigenvalue weighted by Crippen LogP contribution is -2.86.